The van der Waals surface area contributed by atoms with Crippen LogP contribution < -0.4 is 0 Å². The van der Waals surface area contributed by atoms with Gasteiger partial charge in [-0.1, -0.05) is 29.3 Å². The molecule has 0 aromatic heterocycles. The molecule has 0 bridgehead atoms. The van der Waals surface area contributed by atoms with Crippen molar-refractivity contribution in [1.82, 2.24) is 0 Å². The zero-order chi connectivity index (χ0) is 9.35. The van der Waals surface area contributed by atoms with Crippen molar-refractivity contribution in [3.63, 3.8) is 0 Å². The third kappa shape index (κ3) is 2.13. The first-order valence-electron chi connectivity index (χ1n) is 3.59. The van der Waals surface area contributed by atoms with E-state index in [4.69, 9.17) is 23.2 Å². The highest BCUT2D eigenvalue weighted by atomic mass is 35.5. The molecule has 0 unspecified atom stereocenters. The van der Waals surface area contributed by atoms with Crippen LogP contribution in [0.4, 0.5) is 0 Å². The van der Waals surface area contributed by atoms with Gasteiger partial charge in [0.1, 0.15) is 0 Å². The molecular formula is C9H10Cl2O. The molecule has 0 radical (unpaired) electrons. The Bertz CT molecular complexity index is 289. The summed E-state index contributed by atoms with van der Waals surface area (Å²) in [7, 11) is 0. The van der Waals surface area contributed by atoms with Crippen LogP contribution in [0.3, 0.4) is 0 Å². The second kappa shape index (κ2) is 3.25. The van der Waals surface area contributed by atoms with E-state index in [0.717, 1.165) is 5.56 Å². The molecule has 0 fully saturated rings. The number of hydrogen-bond acceptors (Lipinski definition) is 1. The van der Waals surface area contributed by atoms with Gasteiger partial charge in [0, 0.05) is 0 Å². The molecule has 0 aliphatic heterocycles. The van der Waals surface area contributed by atoms with Crippen molar-refractivity contribution < 1.29 is 5.11 Å². The molecule has 12 heavy (non-hydrogen) atoms. The van der Waals surface area contributed by atoms with Crippen LogP contribution >= 0.6 is 23.2 Å². The topological polar surface area (TPSA) is 20.2 Å². The van der Waals surface area contributed by atoms with E-state index in [1.54, 1.807) is 32.0 Å². The van der Waals surface area contributed by atoms with E-state index in [0.29, 0.717) is 10.0 Å². The van der Waals surface area contributed by atoms with Crippen molar-refractivity contribution >= 4 is 23.2 Å². The molecule has 1 nitrogen and oxygen atoms in total. The van der Waals surface area contributed by atoms with Crippen LogP contribution in [0.15, 0.2) is 18.2 Å². The first-order valence-corrected chi connectivity index (χ1v) is 4.35. The van der Waals surface area contributed by atoms with Gasteiger partial charge >= 0.3 is 0 Å². The van der Waals surface area contributed by atoms with Gasteiger partial charge < -0.3 is 5.11 Å². The third-order valence-electron chi connectivity index (χ3n) is 1.63. The van der Waals surface area contributed by atoms with E-state index in [2.05, 4.69) is 0 Å². The Morgan fingerprint density at radius 3 is 2.17 bits per heavy atom. The fourth-order valence-corrected chi connectivity index (χ4v) is 1.17. The monoisotopic (exact) mass is 204 g/mol. The molecule has 0 spiro atoms. The second-order valence-corrected chi connectivity index (χ2v) is 4.00. The molecule has 3 heteroatoms. The van der Waals surface area contributed by atoms with Gasteiger partial charge in [-0.05, 0) is 31.5 Å². The Kier molecular flexibility index (Phi) is 2.67. The predicted octanol–water partition coefficient (Wildman–Crippen LogP) is 3.22. The molecule has 1 rings (SSSR count). The van der Waals surface area contributed by atoms with Crippen molar-refractivity contribution in [2.75, 3.05) is 0 Å². The van der Waals surface area contributed by atoms with Crippen molar-refractivity contribution in [2.24, 2.45) is 0 Å². The SMILES string of the molecule is CC(C)(O)c1ccc(Cl)c(Cl)c1. The number of halogens is 2. The van der Waals surface area contributed by atoms with Crippen molar-refractivity contribution in [1.29, 1.82) is 0 Å². The van der Waals surface area contributed by atoms with Gasteiger partial charge in [-0.2, -0.15) is 0 Å². The summed E-state index contributed by atoms with van der Waals surface area (Å²) in [5, 5.41) is 10.6. The lowest BCUT2D eigenvalue weighted by molar-refractivity contribution is 0.0786. The fraction of sp³-hybridized carbons (Fsp3) is 0.333. The lowest BCUT2D eigenvalue weighted by Gasteiger charge is -2.17. The molecule has 0 aliphatic rings. The minimum atomic E-state index is -0.867. The van der Waals surface area contributed by atoms with E-state index < -0.39 is 5.60 Å². The lowest BCUT2D eigenvalue weighted by atomic mass is 9.99. The molecule has 1 aromatic rings. The smallest absolute Gasteiger partial charge is 0.0841 e. The molecule has 0 heterocycles. The first-order chi connectivity index (χ1) is 5.41. The molecule has 0 atom stereocenters. The largest absolute Gasteiger partial charge is 0.386 e. The lowest BCUT2D eigenvalue weighted by Crippen LogP contribution is -2.15. The maximum absolute atomic E-state index is 9.60. The van der Waals surface area contributed by atoms with Crippen LogP contribution in [-0.4, -0.2) is 5.11 Å². The fourth-order valence-electron chi connectivity index (χ4n) is 0.877. The minimum absolute atomic E-state index is 0.469. The standard InChI is InChI=1S/C9H10Cl2O/c1-9(2,12)6-3-4-7(10)8(11)5-6/h3-5,12H,1-2H3. The highest BCUT2D eigenvalue weighted by Crippen LogP contribution is 2.27. The average Bonchev–Trinajstić information content (AvgIpc) is 1.92. The Balaban J connectivity index is 3.14. The van der Waals surface area contributed by atoms with Crippen LogP contribution in [-0.2, 0) is 5.60 Å². The van der Waals surface area contributed by atoms with Crippen molar-refractivity contribution in [3.05, 3.63) is 33.8 Å². The summed E-state index contributed by atoms with van der Waals surface area (Å²) in [6.45, 7) is 3.40. The summed E-state index contributed by atoms with van der Waals surface area (Å²) >= 11 is 11.5. The summed E-state index contributed by atoms with van der Waals surface area (Å²) in [4.78, 5) is 0. The number of rotatable bonds is 1. The summed E-state index contributed by atoms with van der Waals surface area (Å²) < 4.78 is 0. The van der Waals surface area contributed by atoms with E-state index in [9.17, 15) is 5.11 Å². The van der Waals surface area contributed by atoms with E-state index >= 15 is 0 Å². The summed E-state index contributed by atoms with van der Waals surface area (Å²) in [6.07, 6.45) is 0. The maximum Gasteiger partial charge on any atom is 0.0841 e. The Hall–Kier alpha value is -0.240. The highest BCUT2D eigenvalue weighted by Gasteiger charge is 2.16. The van der Waals surface area contributed by atoms with Crippen LogP contribution in [0.2, 0.25) is 10.0 Å². The van der Waals surface area contributed by atoms with Gasteiger partial charge in [-0.15, -0.1) is 0 Å². The molecule has 66 valence electrons. The number of hydrogen-bond donors (Lipinski definition) is 1. The van der Waals surface area contributed by atoms with Gasteiger partial charge in [0.2, 0.25) is 0 Å². The summed E-state index contributed by atoms with van der Waals surface area (Å²) in [5.41, 5.74) is -0.106. The van der Waals surface area contributed by atoms with E-state index in [1.807, 2.05) is 0 Å². The first kappa shape index (κ1) is 9.85. The molecule has 1 aromatic carbocycles. The Morgan fingerprint density at radius 1 is 1.17 bits per heavy atom. The predicted molar refractivity (Wildman–Crippen MR) is 51.7 cm³/mol. The van der Waals surface area contributed by atoms with Gasteiger partial charge in [-0.25, -0.2) is 0 Å². The van der Waals surface area contributed by atoms with Gasteiger partial charge in [-0.3, -0.25) is 0 Å². The van der Waals surface area contributed by atoms with Gasteiger partial charge in [0.15, 0.2) is 0 Å². The molecular weight excluding hydrogens is 195 g/mol. The van der Waals surface area contributed by atoms with Gasteiger partial charge in [0.05, 0.1) is 15.6 Å². The van der Waals surface area contributed by atoms with Crippen LogP contribution in [0.5, 0.6) is 0 Å². The molecule has 0 saturated carbocycles. The van der Waals surface area contributed by atoms with Crippen molar-refractivity contribution in [2.45, 2.75) is 19.4 Å². The maximum atomic E-state index is 9.60. The molecule has 1 N–H and O–H groups in total. The van der Waals surface area contributed by atoms with Crippen LogP contribution in [0.25, 0.3) is 0 Å². The average molecular weight is 205 g/mol. The Morgan fingerprint density at radius 2 is 1.75 bits per heavy atom. The Labute approximate surface area is 81.9 Å². The number of benzene rings is 1. The zero-order valence-electron chi connectivity index (χ0n) is 6.94. The normalized spacial score (nSPS) is 11.8. The third-order valence-corrected chi connectivity index (χ3v) is 2.37. The van der Waals surface area contributed by atoms with E-state index in [-0.39, 0.29) is 0 Å². The summed E-state index contributed by atoms with van der Waals surface area (Å²) in [6, 6.07) is 5.11. The second-order valence-electron chi connectivity index (χ2n) is 3.19. The zero-order valence-corrected chi connectivity index (χ0v) is 8.45. The quantitative estimate of drug-likeness (QED) is 0.746. The molecule has 0 saturated heterocycles. The van der Waals surface area contributed by atoms with E-state index in [1.165, 1.54) is 0 Å². The van der Waals surface area contributed by atoms with Gasteiger partial charge in [0.25, 0.3) is 0 Å². The number of aliphatic hydroxyl groups is 1. The van der Waals surface area contributed by atoms with Crippen LogP contribution in [0.1, 0.15) is 19.4 Å². The molecule has 0 aliphatic carbocycles. The minimum Gasteiger partial charge on any atom is -0.386 e. The van der Waals surface area contributed by atoms with Crippen LogP contribution in [0, 0.1) is 0 Å². The highest BCUT2D eigenvalue weighted by molar-refractivity contribution is 6.42. The summed E-state index contributed by atoms with van der Waals surface area (Å²) in [5.74, 6) is 0. The van der Waals surface area contributed by atoms with Crippen molar-refractivity contribution in [3.8, 4) is 0 Å². The molecule has 0 amide bonds.